The van der Waals surface area contributed by atoms with Crippen molar-refractivity contribution in [2.45, 2.75) is 32.9 Å². The molecule has 0 aromatic carbocycles. The molecule has 1 aliphatic rings. The summed E-state index contributed by atoms with van der Waals surface area (Å²) in [6, 6.07) is 3.52. The second-order valence-electron chi connectivity index (χ2n) is 4.89. The normalized spacial score (nSPS) is 18.8. The van der Waals surface area contributed by atoms with Crippen molar-refractivity contribution in [2.75, 3.05) is 13.2 Å². The highest BCUT2D eigenvalue weighted by Crippen LogP contribution is 2.16. The molecule has 0 N–H and O–H groups in total. The van der Waals surface area contributed by atoms with Crippen molar-refractivity contribution >= 4 is 6.09 Å². The highest BCUT2D eigenvalue weighted by molar-refractivity contribution is 5.70. The Morgan fingerprint density at radius 3 is 2.89 bits per heavy atom. The first kappa shape index (κ1) is 13.5. The van der Waals surface area contributed by atoms with Crippen molar-refractivity contribution in [3.8, 4) is 5.75 Å². The number of pyridine rings is 1. The molecule has 1 aromatic heterocycles. The van der Waals surface area contributed by atoms with E-state index in [1.54, 1.807) is 24.0 Å². The third-order valence-electron chi connectivity index (χ3n) is 3.04. The number of hydrogen-bond donors (Lipinski definition) is 0. The molecule has 0 aliphatic carbocycles. The van der Waals surface area contributed by atoms with Gasteiger partial charge in [0, 0.05) is 19.0 Å². The fourth-order valence-corrected chi connectivity index (χ4v) is 1.86. The van der Waals surface area contributed by atoms with Crippen LogP contribution < -0.4 is 9.47 Å². The highest BCUT2D eigenvalue weighted by atomic mass is 16.6. The van der Waals surface area contributed by atoms with Crippen LogP contribution in [0, 0.1) is 12.1 Å². The summed E-state index contributed by atoms with van der Waals surface area (Å²) in [5, 5.41) is 11.4. The summed E-state index contributed by atoms with van der Waals surface area (Å²) >= 11 is 0. The minimum Gasteiger partial charge on any atom is -0.618 e. The van der Waals surface area contributed by atoms with Crippen LogP contribution in [0.3, 0.4) is 0 Å². The molecule has 6 heteroatoms. The summed E-state index contributed by atoms with van der Waals surface area (Å²) in [7, 11) is 0. The van der Waals surface area contributed by atoms with E-state index in [0.717, 1.165) is 4.73 Å². The summed E-state index contributed by atoms with van der Waals surface area (Å²) in [5.41, 5.74) is 0.602. The lowest BCUT2D eigenvalue weighted by Gasteiger charge is -2.16. The number of cyclic esters (lactones) is 1. The third-order valence-corrected chi connectivity index (χ3v) is 3.04. The molecular formula is C13H18N2O4. The molecule has 6 nitrogen and oxygen atoms in total. The molecule has 2 rings (SSSR count). The van der Waals surface area contributed by atoms with E-state index in [1.807, 2.05) is 13.8 Å². The van der Waals surface area contributed by atoms with Crippen LogP contribution in [0.15, 0.2) is 18.3 Å². The Morgan fingerprint density at radius 1 is 1.58 bits per heavy atom. The monoisotopic (exact) mass is 266 g/mol. The van der Waals surface area contributed by atoms with Gasteiger partial charge >= 0.3 is 6.09 Å². The van der Waals surface area contributed by atoms with E-state index in [4.69, 9.17) is 9.47 Å². The molecule has 2 heterocycles. The predicted octanol–water partition coefficient (Wildman–Crippen LogP) is 1.24. The highest BCUT2D eigenvalue weighted by Gasteiger charge is 2.33. The van der Waals surface area contributed by atoms with Gasteiger partial charge in [-0.3, -0.25) is 0 Å². The zero-order chi connectivity index (χ0) is 14.0. The van der Waals surface area contributed by atoms with E-state index in [9.17, 15) is 10.0 Å². The lowest BCUT2D eigenvalue weighted by atomic mass is 10.3. The van der Waals surface area contributed by atoms with Crippen molar-refractivity contribution in [1.29, 1.82) is 0 Å². The molecule has 1 amide bonds. The van der Waals surface area contributed by atoms with Crippen LogP contribution >= 0.6 is 0 Å². The molecule has 0 spiro atoms. The second kappa shape index (κ2) is 5.34. The van der Waals surface area contributed by atoms with Crippen LogP contribution in [-0.4, -0.2) is 36.3 Å². The molecule has 19 heavy (non-hydrogen) atoms. The van der Waals surface area contributed by atoms with Gasteiger partial charge in [-0.05, 0) is 19.9 Å². The summed E-state index contributed by atoms with van der Waals surface area (Å²) < 4.78 is 11.4. The number of aromatic nitrogens is 1. The first-order valence-electron chi connectivity index (χ1n) is 6.27. The number of carbonyl (C=O) groups excluding carboxylic acids is 1. The summed E-state index contributed by atoms with van der Waals surface area (Å²) in [5.74, 6) is 0.472. The molecule has 0 saturated carbocycles. The van der Waals surface area contributed by atoms with Gasteiger partial charge in [-0.2, -0.15) is 4.73 Å². The maximum Gasteiger partial charge on any atom is 0.410 e. The average molecular weight is 266 g/mol. The Balaban J connectivity index is 1.90. The Morgan fingerprint density at radius 2 is 2.32 bits per heavy atom. The maximum absolute atomic E-state index is 11.5. The van der Waals surface area contributed by atoms with Crippen LogP contribution in [0.2, 0.25) is 0 Å². The van der Waals surface area contributed by atoms with E-state index in [-0.39, 0.29) is 24.8 Å². The number of nitrogens with zero attached hydrogens (tertiary/aromatic N) is 2. The lowest BCUT2D eigenvalue weighted by Crippen LogP contribution is -2.33. The number of rotatable bonds is 4. The molecule has 1 fully saturated rings. The van der Waals surface area contributed by atoms with Crippen molar-refractivity contribution in [3.05, 3.63) is 29.2 Å². The number of ether oxygens (including phenoxy) is 2. The molecule has 1 aromatic rings. The molecule has 104 valence electrons. The zero-order valence-electron chi connectivity index (χ0n) is 11.3. The average Bonchev–Trinajstić information content (AvgIpc) is 2.72. The standard InChI is InChI=1S/C13H18N2O4/c1-9(2)14-6-12(19-13(14)16)8-18-11-5-4-10(3)15(17)7-11/h4-5,7,9,12H,6,8H2,1-3H3. The summed E-state index contributed by atoms with van der Waals surface area (Å²) in [6.45, 7) is 6.35. The van der Waals surface area contributed by atoms with Crippen molar-refractivity contribution < 1.29 is 19.0 Å². The Bertz CT molecular complexity index is 476. The van der Waals surface area contributed by atoms with Gasteiger partial charge in [0.05, 0.1) is 6.54 Å². The van der Waals surface area contributed by atoms with Crippen LogP contribution in [0.1, 0.15) is 19.5 Å². The van der Waals surface area contributed by atoms with E-state index < -0.39 is 0 Å². The van der Waals surface area contributed by atoms with Gasteiger partial charge in [0.15, 0.2) is 17.5 Å². The smallest absolute Gasteiger partial charge is 0.410 e. The van der Waals surface area contributed by atoms with Gasteiger partial charge < -0.3 is 19.6 Å². The Hall–Kier alpha value is -1.98. The largest absolute Gasteiger partial charge is 0.618 e. The Labute approximate surface area is 112 Å². The van der Waals surface area contributed by atoms with E-state index >= 15 is 0 Å². The maximum atomic E-state index is 11.5. The number of aryl methyl sites for hydroxylation is 1. The summed E-state index contributed by atoms with van der Waals surface area (Å²) in [4.78, 5) is 13.2. The van der Waals surface area contributed by atoms with Gasteiger partial charge in [0.2, 0.25) is 6.20 Å². The fraction of sp³-hybridized carbons (Fsp3) is 0.538. The first-order chi connectivity index (χ1) is 8.97. The van der Waals surface area contributed by atoms with Crippen LogP contribution in [0.5, 0.6) is 5.75 Å². The number of hydrogen-bond acceptors (Lipinski definition) is 4. The molecule has 0 bridgehead atoms. The third kappa shape index (κ3) is 3.07. The fourth-order valence-electron chi connectivity index (χ4n) is 1.86. The second-order valence-corrected chi connectivity index (χ2v) is 4.89. The number of amides is 1. The SMILES string of the molecule is Cc1ccc(OCC2CN(C(C)C)C(=O)O2)c[n+]1[O-]. The van der Waals surface area contributed by atoms with Crippen molar-refractivity contribution in [3.63, 3.8) is 0 Å². The van der Waals surface area contributed by atoms with E-state index in [2.05, 4.69) is 0 Å². The summed E-state index contributed by atoms with van der Waals surface area (Å²) in [6.07, 6.45) is 0.759. The van der Waals surface area contributed by atoms with Gasteiger partial charge in [-0.25, -0.2) is 4.79 Å². The van der Waals surface area contributed by atoms with Gasteiger partial charge in [-0.15, -0.1) is 0 Å². The number of carbonyl (C=O) groups is 1. The zero-order valence-corrected chi connectivity index (χ0v) is 11.3. The van der Waals surface area contributed by atoms with E-state index in [1.165, 1.54) is 6.20 Å². The van der Waals surface area contributed by atoms with Crippen LogP contribution in [0.4, 0.5) is 4.79 Å². The predicted molar refractivity (Wildman–Crippen MR) is 67.7 cm³/mol. The molecule has 0 radical (unpaired) electrons. The van der Waals surface area contributed by atoms with Crippen LogP contribution in [0.25, 0.3) is 0 Å². The Kier molecular flexibility index (Phi) is 3.78. The topological polar surface area (TPSA) is 65.7 Å². The van der Waals surface area contributed by atoms with Gasteiger partial charge in [0.25, 0.3) is 0 Å². The van der Waals surface area contributed by atoms with Crippen molar-refractivity contribution in [1.82, 2.24) is 4.90 Å². The molecule has 1 atom stereocenters. The van der Waals surface area contributed by atoms with Crippen molar-refractivity contribution in [2.24, 2.45) is 0 Å². The molecule has 1 unspecified atom stereocenters. The molecule has 1 saturated heterocycles. The molecule has 1 aliphatic heterocycles. The first-order valence-corrected chi connectivity index (χ1v) is 6.27. The lowest BCUT2D eigenvalue weighted by molar-refractivity contribution is -0.612. The van der Waals surface area contributed by atoms with Gasteiger partial charge in [-0.1, -0.05) is 0 Å². The van der Waals surface area contributed by atoms with Crippen LogP contribution in [-0.2, 0) is 4.74 Å². The minimum absolute atomic E-state index is 0.112. The van der Waals surface area contributed by atoms with E-state index in [0.29, 0.717) is 18.0 Å². The quantitative estimate of drug-likeness (QED) is 0.607. The van der Waals surface area contributed by atoms with Gasteiger partial charge in [0.1, 0.15) is 6.61 Å². The minimum atomic E-state index is -0.314. The molecular weight excluding hydrogens is 248 g/mol.